The van der Waals surface area contributed by atoms with E-state index in [2.05, 4.69) is 13.8 Å². The van der Waals surface area contributed by atoms with E-state index in [9.17, 15) is 5.11 Å². The van der Waals surface area contributed by atoms with E-state index in [0.29, 0.717) is 11.8 Å². The Labute approximate surface area is 107 Å². The summed E-state index contributed by atoms with van der Waals surface area (Å²) in [5.74, 6) is 3.09. The third-order valence-corrected chi connectivity index (χ3v) is 5.26. The molecule has 0 aromatic carbocycles. The van der Waals surface area contributed by atoms with Gasteiger partial charge in [-0.3, -0.25) is 0 Å². The lowest BCUT2D eigenvalue weighted by atomic mass is 9.62. The minimum Gasteiger partial charge on any atom is -0.393 e. The van der Waals surface area contributed by atoms with Gasteiger partial charge in [0.05, 0.1) is 6.10 Å². The topological polar surface area (TPSA) is 20.2 Å². The summed E-state index contributed by atoms with van der Waals surface area (Å²) in [6.45, 7) is 4.56. The van der Waals surface area contributed by atoms with Crippen LogP contribution >= 0.6 is 0 Å². The third-order valence-electron chi connectivity index (χ3n) is 5.26. The quantitative estimate of drug-likeness (QED) is 0.697. The van der Waals surface area contributed by atoms with Gasteiger partial charge in [-0.1, -0.05) is 65.2 Å². The maximum Gasteiger partial charge on any atom is 0.0576 e. The molecule has 2 unspecified atom stereocenters. The Balaban J connectivity index is 1.85. The second kappa shape index (κ2) is 6.22. The van der Waals surface area contributed by atoms with Crippen LogP contribution in [0.25, 0.3) is 0 Å². The number of aliphatic hydroxyl groups excluding tert-OH is 1. The van der Waals surface area contributed by atoms with Crippen molar-refractivity contribution in [3.8, 4) is 0 Å². The predicted octanol–water partition coefficient (Wildman–Crippen LogP) is 4.39. The van der Waals surface area contributed by atoms with Crippen molar-refractivity contribution in [2.75, 3.05) is 0 Å². The van der Waals surface area contributed by atoms with Crippen molar-refractivity contribution in [2.45, 2.75) is 77.7 Å². The summed E-state index contributed by atoms with van der Waals surface area (Å²) in [4.78, 5) is 0. The molecule has 2 aliphatic rings. The van der Waals surface area contributed by atoms with Gasteiger partial charge in [-0.05, 0) is 30.1 Å². The number of hydrogen-bond donors (Lipinski definition) is 1. The molecule has 0 amide bonds. The molecular weight excluding hydrogens is 208 g/mol. The monoisotopic (exact) mass is 238 g/mol. The average molecular weight is 238 g/mol. The standard InChI is InChI=1S/C16H30O/c1-3-6-12(2)11-15(17)16(13-7-4-8-13)14-9-5-10-14/h12-17H,3-11H2,1-2H3. The molecule has 100 valence electrons. The fraction of sp³-hybridized carbons (Fsp3) is 1.00. The van der Waals surface area contributed by atoms with Gasteiger partial charge in [-0.15, -0.1) is 0 Å². The lowest BCUT2D eigenvalue weighted by Gasteiger charge is -2.45. The van der Waals surface area contributed by atoms with Gasteiger partial charge in [0.15, 0.2) is 0 Å². The highest BCUT2D eigenvalue weighted by atomic mass is 16.3. The first-order valence-electron chi connectivity index (χ1n) is 7.90. The normalized spacial score (nSPS) is 25.4. The molecule has 0 bridgehead atoms. The zero-order valence-corrected chi connectivity index (χ0v) is 11.7. The van der Waals surface area contributed by atoms with Gasteiger partial charge in [0, 0.05) is 0 Å². The van der Waals surface area contributed by atoms with Crippen LogP contribution < -0.4 is 0 Å². The summed E-state index contributed by atoms with van der Waals surface area (Å²) in [6.07, 6.45) is 11.9. The van der Waals surface area contributed by atoms with Crippen LogP contribution in [0.1, 0.15) is 71.6 Å². The first-order valence-corrected chi connectivity index (χ1v) is 7.90. The third kappa shape index (κ3) is 3.24. The minimum atomic E-state index is -0.00727. The van der Waals surface area contributed by atoms with Gasteiger partial charge in [0.25, 0.3) is 0 Å². The molecule has 0 heterocycles. The molecule has 1 N–H and O–H groups in total. The average Bonchev–Trinajstić information content (AvgIpc) is 2.11. The molecule has 17 heavy (non-hydrogen) atoms. The SMILES string of the molecule is CCCC(C)CC(O)C(C1CCC1)C1CCC1. The molecule has 2 saturated carbocycles. The molecule has 0 radical (unpaired) electrons. The van der Waals surface area contributed by atoms with Gasteiger partial charge >= 0.3 is 0 Å². The van der Waals surface area contributed by atoms with E-state index in [0.717, 1.165) is 18.3 Å². The Kier molecular flexibility index (Phi) is 4.90. The predicted molar refractivity (Wildman–Crippen MR) is 72.9 cm³/mol. The summed E-state index contributed by atoms with van der Waals surface area (Å²) < 4.78 is 0. The van der Waals surface area contributed by atoms with Crippen molar-refractivity contribution in [1.29, 1.82) is 0 Å². The molecule has 0 saturated heterocycles. The fourth-order valence-corrected chi connectivity index (χ4v) is 3.84. The van der Waals surface area contributed by atoms with E-state index >= 15 is 0 Å². The van der Waals surface area contributed by atoms with Gasteiger partial charge in [0.1, 0.15) is 0 Å². The second-order valence-electron chi connectivity index (χ2n) is 6.66. The molecule has 0 spiro atoms. The largest absolute Gasteiger partial charge is 0.393 e. The van der Waals surface area contributed by atoms with Crippen LogP contribution in [0.3, 0.4) is 0 Å². The van der Waals surface area contributed by atoms with Crippen LogP contribution in [0.4, 0.5) is 0 Å². The lowest BCUT2D eigenvalue weighted by Crippen LogP contribution is -2.40. The molecule has 0 aromatic rings. The molecule has 0 aliphatic heterocycles. The second-order valence-corrected chi connectivity index (χ2v) is 6.66. The lowest BCUT2D eigenvalue weighted by molar-refractivity contribution is -0.0280. The Bertz CT molecular complexity index is 204. The van der Waals surface area contributed by atoms with Crippen LogP contribution in [0.15, 0.2) is 0 Å². The molecule has 1 heteroatoms. The summed E-state index contributed by atoms with van der Waals surface area (Å²) in [6, 6.07) is 0. The van der Waals surface area contributed by atoms with Gasteiger partial charge < -0.3 is 5.11 Å². The molecule has 2 aliphatic carbocycles. The summed E-state index contributed by atoms with van der Waals surface area (Å²) in [7, 11) is 0. The Hall–Kier alpha value is -0.0400. The zero-order valence-electron chi connectivity index (χ0n) is 11.7. The van der Waals surface area contributed by atoms with Crippen LogP contribution in [-0.2, 0) is 0 Å². The van der Waals surface area contributed by atoms with Gasteiger partial charge in [0.2, 0.25) is 0 Å². The maximum absolute atomic E-state index is 10.6. The first-order chi connectivity index (χ1) is 8.22. The van der Waals surface area contributed by atoms with Crippen LogP contribution in [0, 0.1) is 23.7 Å². The van der Waals surface area contributed by atoms with Crippen molar-refractivity contribution in [3.05, 3.63) is 0 Å². The van der Waals surface area contributed by atoms with E-state index in [1.807, 2.05) is 0 Å². The number of rotatable bonds is 7. The van der Waals surface area contributed by atoms with Crippen LogP contribution in [-0.4, -0.2) is 11.2 Å². The number of aliphatic hydroxyl groups is 1. The molecule has 0 aromatic heterocycles. The van der Waals surface area contributed by atoms with Gasteiger partial charge in [-0.2, -0.15) is 0 Å². The van der Waals surface area contributed by atoms with E-state index in [1.54, 1.807) is 0 Å². The first kappa shape index (κ1) is 13.4. The zero-order chi connectivity index (χ0) is 12.3. The molecule has 2 atom stereocenters. The van der Waals surface area contributed by atoms with Crippen molar-refractivity contribution in [2.24, 2.45) is 23.7 Å². The Morgan fingerprint density at radius 2 is 1.59 bits per heavy atom. The van der Waals surface area contributed by atoms with E-state index in [4.69, 9.17) is 0 Å². The fourth-order valence-electron chi connectivity index (χ4n) is 3.84. The van der Waals surface area contributed by atoms with Crippen molar-refractivity contribution >= 4 is 0 Å². The summed E-state index contributed by atoms with van der Waals surface area (Å²) in [5.41, 5.74) is 0. The highest BCUT2D eigenvalue weighted by molar-refractivity contribution is 4.90. The van der Waals surface area contributed by atoms with Crippen LogP contribution in [0.2, 0.25) is 0 Å². The van der Waals surface area contributed by atoms with Gasteiger partial charge in [-0.25, -0.2) is 0 Å². The Morgan fingerprint density at radius 1 is 1.06 bits per heavy atom. The van der Waals surface area contributed by atoms with E-state index < -0.39 is 0 Å². The molecule has 2 fully saturated rings. The van der Waals surface area contributed by atoms with Crippen molar-refractivity contribution in [1.82, 2.24) is 0 Å². The van der Waals surface area contributed by atoms with Crippen LogP contribution in [0.5, 0.6) is 0 Å². The Morgan fingerprint density at radius 3 is 1.94 bits per heavy atom. The smallest absolute Gasteiger partial charge is 0.0576 e. The molecular formula is C16H30O. The van der Waals surface area contributed by atoms with Crippen molar-refractivity contribution < 1.29 is 5.11 Å². The van der Waals surface area contributed by atoms with E-state index in [-0.39, 0.29) is 6.10 Å². The highest BCUT2D eigenvalue weighted by Gasteiger charge is 2.40. The van der Waals surface area contributed by atoms with Crippen molar-refractivity contribution in [3.63, 3.8) is 0 Å². The number of hydrogen-bond acceptors (Lipinski definition) is 1. The highest BCUT2D eigenvalue weighted by Crippen LogP contribution is 2.47. The maximum atomic E-state index is 10.6. The molecule has 1 nitrogen and oxygen atoms in total. The molecule has 2 rings (SSSR count). The summed E-state index contributed by atoms with van der Waals surface area (Å²) in [5, 5.41) is 10.6. The van der Waals surface area contributed by atoms with E-state index in [1.165, 1.54) is 51.4 Å². The summed E-state index contributed by atoms with van der Waals surface area (Å²) >= 11 is 0. The minimum absolute atomic E-state index is 0.00727.